The molecule has 0 spiro atoms. The Hall–Kier alpha value is -3.28. The van der Waals surface area contributed by atoms with Crippen LogP contribution < -0.4 is 15.4 Å². The van der Waals surface area contributed by atoms with Gasteiger partial charge in [0.1, 0.15) is 12.4 Å². The molecule has 0 radical (unpaired) electrons. The summed E-state index contributed by atoms with van der Waals surface area (Å²) in [5, 5.41) is 5.49. The van der Waals surface area contributed by atoms with Crippen LogP contribution in [0.3, 0.4) is 0 Å². The molecule has 2 aromatic carbocycles. The topological polar surface area (TPSA) is 76.7 Å². The van der Waals surface area contributed by atoms with Crippen LogP contribution in [0, 0.1) is 0 Å². The minimum Gasteiger partial charge on any atom is -0.489 e. The molecule has 2 N–H and O–H groups in total. The van der Waals surface area contributed by atoms with Crippen LogP contribution in [-0.2, 0) is 16.1 Å². The van der Waals surface area contributed by atoms with Gasteiger partial charge in [-0.1, -0.05) is 62.2 Å². The van der Waals surface area contributed by atoms with E-state index in [-0.39, 0.29) is 6.03 Å². The van der Waals surface area contributed by atoms with Crippen LogP contribution in [0.2, 0.25) is 0 Å². The fraction of sp³-hybridized carbons (Fsp3) is 0.333. The zero-order chi connectivity index (χ0) is 21.3. The van der Waals surface area contributed by atoms with Crippen LogP contribution in [0.4, 0.5) is 4.79 Å². The molecule has 0 fully saturated rings. The molecule has 3 rings (SSSR count). The smallest absolute Gasteiger partial charge is 0.338 e. The van der Waals surface area contributed by atoms with E-state index in [1.54, 1.807) is 6.92 Å². The maximum atomic E-state index is 12.7. The van der Waals surface area contributed by atoms with Crippen LogP contribution in [0.5, 0.6) is 5.75 Å². The first kappa shape index (κ1) is 21.4. The van der Waals surface area contributed by atoms with E-state index in [0.29, 0.717) is 30.2 Å². The SMILES string of the molecule is CCCCCOC(=O)C1=C(C)NC(=O)N[C@@H]1c1ccc(OCc2ccccc2)cc1. The van der Waals surface area contributed by atoms with Gasteiger partial charge in [0.15, 0.2) is 0 Å². The summed E-state index contributed by atoms with van der Waals surface area (Å²) in [6.07, 6.45) is 2.89. The van der Waals surface area contributed by atoms with Gasteiger partial charge in [-0.25, -0.2) is 9.59 Å². The second kappa shape index (κ2) is 10.5. The minimum absolute atomic E-state index is 0.343. The number of hydrogen-bond acceptors (Lipinski definition) is 4. The van der Waals surface area contributed by atoms with Crippen LogP contribution in [0.1, 0.15) is 50.3 Å². The number of amides is 2. The highest BCUT2D eigenvalue weighted by atomic mass is 16.5. The number of benzene rings is 2. The Morgan fingerprint density at radius 3 is 2.47 bits per heavy atom. The lowest BCUT2D eigenvalue weighted by Crippen LogP contribution is -2.45. The van der Waals surface area contributed by atoms with Gasteiger partial charge in [-0.2, -0.15) is 0 Å². The van der Waals surface area contributed by atoms with Gasteiger partial charge < -0.3 is 20.1 Å². The Kier molecular flexibility index (Phi) is 7.49. The number of ether oxygens (including phenoxy) is 2. The van der Waals surface area contributed by atoms with E-state index in [4.69, 9.17) is 9.47 Å². The maximum absolute atomic E-state index is 12.7. The molecular formula is C24H28N2O4. The number of unbranched alkanes of at least 4 members (excludes halogenated alkanes) is 2. The van der Waals surface area contributed by atoms with Gasteiger partial charge in [0.05, 0.1) is 18.2 Å². The summed E-state index contributed by atoms with van der Waals surface area (Å²) >= 11 is 0. The lowest BCUT2D eigenvalue weighted by Gasteiger charge is -2.28. The monoisotopic (exact) mass is 408 g/mol. The predicted octanol–water partition coefficient (Wildman–Crippen LogP) is 4.63. The average Bonchev–Trinajstić information content (AvgIpc) is 2.76. The van der Waals surface area contributed by atoms with Gasteiger partial charge in [0.25, 0.3) is 0 Å². The molecule has 2 aromatic rings. The van der Waals surface area contributed by atoms with Gasteiger partial charge in [-0.05, 0) is 36.6 Å². The highest BCUT2D eigenvalue weighted by Crippen LogP contribution is 2.29. The van der Waals surface area contributed by atoms with Crippen LogP contribution in [0.15, 0.2) is 65.9 Å². The number of hydrogen-bond donors (Lipinski definition) is 2. The molecule has 1 aliphatic rings. The number of allylic oxidation sites excluding steroid dienone is 1. The van der Waals surface area contributed by atoms with E-state index in [1.165, 1.54) is 0 Å². The standard InChI is InChI=1S/C24H28N2O4/c1-3-4-8-15-29-23(27)21-17(2)25-24(28)26-22(21)19-11-13-20(14-12-19)30-16-18-9-6-5-7-10-18/h5-7,9-14,22H,3-4,8,15-16H2,1-2H3,(H2,25,26,28)/t22-/m1/s1. The average molecular weight is 408 g/mol. The van der Waals surface area contributed by atoms with Crippen molar-refractivity contribution in [1.29, 1.82) is 0 Å². The van der Waals surface area contributed by atoms with Gasteiger partial charge in [-0.3, -0.25) is 0 Å². The van der Waals surface area contributed by atoms with Crippen molar-refractivity contribution in [3.05, 3.63) is 77.0 Å². The number of urea groups is 1. The van der Waals surface area contributed by atoms with Crippen molar-refractivity contribution in [1.82, 2.24) is 10.6 Å². The summed E-state index contributed by atoms with van der Waals surface area (Å²) in [6, 6.07) is 16.4. The molecule has 0 aromatic heterocycles. The van der Waals surface area contributed by atoms with Crippen LogP contribution >= 0.6 is 0 Å². The van der Waals surface area contributed by atoms with E-state index < -0.39 is 12.0 Å². The molecule has 1 atom stereocenters. The van der Waals surface area contributed by atoms with Gasteiger partial charge in [-0.15, -0.1) is 0 Å². The number of carbonyl (C=O) groups excluding carboxylic acids is 2. The molecule has 6 heteroatoms. The molecule has 0 unspecified atom stereocenters. The van der Waals surface area contributed by atoms with Crippen molar-refractivity contribution < 1.29 is 19.1 Å². The molecule has 2 amide bonds. The molecule has 30 heavy (non-hydrogen) atoms. The highest BCUT2D eigenvalue weighted by molar-refractivity contribution is 5.95. The van der Waals surface area contributed by atoms with Crippen molar-refractivity contribution in [3.8, 4) is 5.75 Å². The van der Waals surface area contributed by atoms with E-state index >= 15 is 0 Å². The first-order chi connectivity index (χ1) is 14.6. The van der Waals surface area contributed by atoms with Crippen LogP contribution in [0.25, 0.3) is 0 Å². The molecular weight excluding hydrogens is 380 g/mol. The number of esters is 1. The first-order valence-corrected chi connectivity index (χ1v) is 10.3. The lowest BCUT2D eigenvalue weighted by molar-refractivity contribution is -0.139. The summed E-state index contributed by atoms with van der Waals surface area (Å²) in [6.45, 7) is 4.65. The van der Waals surface area contributed by atoms with Crippen molar-refractivity contribution in [2.75, 3.05) is 6.61 Å². The second-order valence-electron chi connectivity index (χ2n) is 7.26. The molecule has 158 valence electrons. The molecule has 0 saturated carbocycles. The maximum Gasteiger partial charge on any atom is 0.338 e. The highest BCUT2D eigenvalue weighted by Gasteiger charge is 2.32. The van der Waals surface area contributed by atoms with Crippen molar-refractivity contribution >= 4 is 12.0 Å². The van der Waals surface area contributed by atoms with E-state index in [2.05, 4.69) is 17.6 Å². The fourth-order valence-electron chi connectivity index (χ4n) is 3.31. The second-order valence-corrected chi connectivity index (χ2v) is 7.26. The fourth-order valence-corrected chi connectivity index (χ4v) is 3.31. The largest absolute Gasteiger partial charge is 0.489 e. The Morgan fingerprint density at radius 2 is 1.77 bits per heavy atom. The van der Waals surface area contributed by atoms with Gasteiger partial charge in [0.2, 0.25) is 0 Å². The van der Waals surface area contributed by atoms with E-state index in [9.17, 15) is 9.59 Å². The normalized spacial score (nSPS) is 15.9. The summed E-state index contributed by atoms with van der Waals surface area (Å²) in [5.41, 5.74) is 2.80. The molecule has 6 nitrogen and oxygen atoms in total. The van der Waals surface area contributed by atoms with Crippen molar-refractivity contribution in [3.63, 3.8) is 0 Å². The summed E-state index contributed by atoms with van der Waals surface area (Å²) in [7, 11) is 0. The van der Waals surface area contributed by atoms with Crippen molar-refractivity contribution in [2.45, 2.75) is 45.8 Å². The minimum atomic E-state index is -0.569. The zero-order valence-corrected chi connectivity index (χ0v) is 17.4. The van der Waals surface area contributed by atoms with Crippen LogP contribution in [-0.4, -0.2) is 18.6 Å². The Morgan fingerprint density at radius 1 is 1.03 bits per heavy atom. The lowest BCUT2D eigenvalue weighted by atomic mass is 9.95. The third-order valence-electron chi connectivity index (χ3n) is 4.93. The van der Waals surface area contributed by atoms with Gasteiger partial charge in [0, 0.05) is 5.70 Å². The molecule has 1 aliphatic heterocycles. The quantitative estimate of drug-likeness (QED) is 0.469. The van der Waals surface area contributed by atoms with Crippen molar-refractivity contribution in [2.24, 2.45) is 0 Å². The van der Waals surface area contributed by atoms with Gasteiger partial charge >= 0.3 is 12.0 Å². The Bertz CT molecular complexity index is 891. The summed E-state index contributed by atoms with van der Waals surface area (Å²) in [4.78, 5) is 24.7. The Balaban J connectivity index is 1.70. The number of nitrogens with one attached hydrogen (secondary N) is 2. The predicted molar refractivity (Wildman–Crippen MR) is 115 cm³/mol. The third kappa shape index (κ3) is 5.63. The van der Waals surface area contributed by atoms with E-state index in [1.807, 2.05) is 54.6 Å². The third-order valence-corrected chi connectivity index (χ3v) is 4.93. The molecule has 0 aliphatic carbocycles. The number of rotatable bonds is 9. The number of carbonyl (C=O) groups is 2. The summed E-state index contributed by atoms with van der Waals surface area (Å²) < 4.78 is 11.3. The zero-order valence-electron chi connectivity index (χ0n) is 17.4. The molecule has 1 heterocycles. The summed E-state index contributed by atoms with van der Waals surface area (Å²) in [5.74, 6) is 0.303. The molecule has 0 saturated heterocycles. The molecule has 0 bridgehead atoms. The Labute approximate surface area is 177 Å². The van der Waals surface area contributed by atoms with E-state index in [0.717, 1.165) is 30.4 Å². The first-order valence-electron chi connectivity index (χ1n) is 10.3.